The average molecular weight is 167 g/mol. The summed E-state index contributed by atoms with van der Waals surface area (Å²) in [6.45, 7) is 7.59. The molecule has 0 radical (unpaired) electrons. The van der Waals surface area contributed by atoms with Crippen LogP contribution in [0.15, 0.2) is 0 Å². The molecule has 1 atom stereocenters. The van der Waals surface area contributed by atoms with E-state index in [1.54, 1.807) is 0 Å². The number of rotatable bonds is 1. The summed E-state index contributed by atoms with van der Waals surface area (Å²) in [5.74, 6) is 0. The van der Waals surface area contributed by atoms with Crippen molar-refractivity contribution in [2.75, 3.05) is 20.1 Å². The van der Waals surface area contributed by atoms with E-state index < -0.39 is 0 Å². The van der Waals surface area contributed by atoms with E-state index >= 15 is 0 Å². The molecule has 1 aliphatic carbocycles. The SMILES string of the molecule is CCC1(C)CCCC12CN(C)C2. The molecule has 12 heavy (non-hydrogen) atoms. The second kappa shape index (κ2) is 2.47. The largest absolute Gasteiger partial charge is 0.305 e. The Kier molecular flexibility index (Phi) is 1.76. The lowest BCUT2D eigenvalue weighted by atomic mass is 9.61. The van der Waals surface area contributed by atoms with Gasteiger partial charge in [0.2, 0.25) is 0 Å². The summed E-state index contributed by atoms with van der Waals surface area (Å²) in [6, 6.07) is 0. The molecule has 1 unspecified atom stereocenters. The van der Waals surface area contributed by atoms with Gasteiger partial charge >= 0.3 is 0 Å². The molecule has 2 aliphatic rings. The van der Waals surface area contributed by atoms with Gasteiger partial charge in [-0.05, 0) is 25.3 Å². The highest BCUT2D eigenvalue weighted by Crippen LogP contribution is 2.58. The maximum absolute atomic E-state index is 2.51. The fraction of sp³-hybridized carbons (Fsp3) is 1.00. The van der Waals surface area contributed by atoms with Crippen LogP contribution in [0.1, 0.15) is 39.5 Å². The zero-order chi connectivity index (χ0) is 8.82. The molecule has 0 aromatic heterocycles. The second-order valence-corrected chi connectivity index (χ2v) is 5.22. The van der Waals surface area contributed by atoms with Crippen LogP contribution in [-0.2, 0) is 0 Å². The summed E-state index contributed by atoms with van der Waals surface area (Å²) in [7, 11) is 2.25. The summed E-state index contributed by atoms with van der Waals surface area (Å²) in [5.41, 5.74) is 1.38. The third kappa shape index (κ3) is 0.891. The molecule has 0 amide bonds. The van der Waals surface area contributed by atoms with Gasteiger partial charge in [0, 0.05) is 18.5 Å². The van der Waals surface area contributed by atoms with Crippen LogP contribution >= 0.6 is 0 Å². The van der Waals surface area contributed by atoms with Crippen molar-refractivity contribution in [3.8, 4) is 0 Å². The molecule has 1 saturated heterocycles. The summed E-state index contributed by atoms with van der Waals surface area (Å²) >= 11 is 0. The Morgan fingerprint density at radius 1 is 1.25 bits per heavy atom. The topological polar surface area (TPSA) is 3.24 Å². The summed E-state index contributed by atoms with van der Waals surface area (Å²) in [6.07, 6.45) is 5.80. The van der Waals surface area contributed by atoms with Crippen LogP contribution in [0.2, 0.25) is 0 Å². The summed E-state index contributed by atoms with van der Waals surface area (Å²) in [5, 5.41) is 0. The number of hydrogen-bond acceptors (Lipinski definition) is 1. The van der Waals surface area contributed by atoms with Gasteiger partial charge in [-0.1, -0.05) is 26.7 Å². The van der Waals surface area contributed by atoms with Crippen molar-refractivity contribution < 1.29 is 0 Å². The van der Waals surface area contributed by atoms with E-state index in [-0.39, 0.29) is 0 Å². The molecule has 1 spiro atoms. The molecular weight excluding hydrogens is 146 g/mol. The Morgan fingerprint density at radius 3 is 2.42 bits per heavy atom. The van der Waals surface area contributed by atoms with Gasteiger partial charge in [-0.15, -0.1) is 0 Å². The van der Waals surface area contributed by atoms with Crippen molar-refractivity contribution >= 4 is 0 Å². The van der Waals surface area contributed by atoms with Crippen LogP contribution in [-0.4, -0.2) is 25.0 Å². The molecule has 2 rings (SSSR count). The molecule has 1 heterocycles. The minimum atomic E-state index is 0.666. The second-order valence-electron chi connectivity index (χ2n) is 5.22. The standard InChI is InChI=1S/C11H21N/c1-4-10(2)6-5-7-11(10)8-12(3)9-11/h4-9H2,1-3H3. The Balaban J connectivity index is 2.15. The predicted octanol–water partition coefficient (Wildman–Crippen LogP) is 2.52. The van der Waals surface area contributed by atoms with E-state index in [2.05, 4.69) is 25.8 Å². The van der Waals surface area contributed by atoms with Crippen molar-refractivity contribution in [2.24, 2.45) is 10.8 Å². The molecule has 1 saturated carbocycles. The predicted molar refractivity (Wildman–Crippen MR) is 52.2 cm³/mol. The smallest absolute Gasteiger partial charge is 0.00527 e. The van der Waals surface area contributed by atoms with Crippen LogP contribution in [0, 0.1) is 10.8 Å². The van der Waals surface area contributed by atoms with Gasteiger partial charge in [0.15, 0.2) is 0 Å². The maximum atomic E-state index is 2.51. The average Bonchev–Trinajstić information content (AvgIpc) is 2.30. The number of hydrogen-bond donors (Lipinski definition) is 0. The number of nitrogens with zero attached hydrogens (tertiary/aromatic N) is 1. The van der Waals surface area contributed by atoms with E-state index in [0.29, 0.717) is 5.41 Å². The lowest BCUT2D eigenvalue weighted by Crippen LogP contribution is -2.59. The molecule has 1 aliphatic heterocycles. The fourth-order valence-electron chi connectivity index (χ4n) is 3.46. The van der Waals surface area contributed by atoms with E-state index in [1.807, 2.05) is 0 Å². The van der Waals surface area contributed by atoms with Crippen molar-refractivity contribution in [1.82, 2.24) is 4.90 Å². The Hall–Kier alpha value is -0.0400. The quantitative estimate of drug-likeness (QED) is 0.580. The first-order valence-corrected chi connectivity index (χ1v) is 5.30. The van der Waals surface area contributed by atoms with E-state index in [1.165, 1.54) is 38.8 Å². The van der Waals surface area contributed by atoms with Crippen molar-refractivity contribution in [3.05, 3.63) is 0 Å². The molecule has 0 bridgehead atoms. The third-order valence-corrected chi connectivity index (χ3v) is 4.59. The molecule has 1 nitrogen and oxygen atoms in total. The first-order chi connectivity index (χ1) is 5.62. The zero-order valence-electron chi connectivity index (χ0n) is 8.69. The molecule has 1 heteroatoms. The van der Waals surface area contributed by atoms with Gasteiger partial charge in [0.05, 0.1) is 0 Å². The minimum Gasteiger partial charge on any atom is -0.305 e. The van der Waals surface area contributed by atoms with Crippen LogP contribution in [0.25, 0.3) is 0 Å². The first kappa shape index (κ1) is 8.55. The molecule has 0 N–H and O–H groups in total. The normalized spacial score (nSPS) is 40.2. The van der Waals surface area contributed by atoms with E-state index in [0.717, 1.165) is 5.41 Å². The highest BCUT2D eigenvalue weighted by molar-refractivity contribution is 5.07. The van der Waals surface area contributed by atoms with E-state index in [4.69, 9.17) is 0 Å². The lowest BCUT2D eigenvalue weighted by molar-refractivity contribution is -0.0632. The van der Waals surface area contributed by atoms with Gasteiger partial charge in [-0.25, -0.2) is 0 Å². The van der Waals surface area contributed by atoms with Gasteiger partial charge in [0.1, 0.15) is 0 Å². The first-order valence-electron chi connectivity index (χ1n) is 5.30. The Morgan fingerprint density at radius 2 is 1.92 bits per heavy atom. The highest BCUT2D eigenvalue weighted by atomic mass is 15.2. The monoisotopic (exact) mass is 167 g/mol. The van der Waals surface area contributed by atoms with Gasteiger partial charge in [-0.3, -0.25) is 0 Å². The minimum absolute atomic E-state index is 0.666. The molecule has 0 aromatic rings. The lowest BCUT2D eigenvalue weighted by Gasteiger charge is -2.55. The van der Waals surface area contributed by atoms with E-state index in [9.17, 15) is 0 Å². The molecule has 0 aromatic carbocycles. The van der Waals surface area contributed by atoms with Gasteiger partial charge in [0.25, 0.3) is 0 Å². The number of likely N-dealkylation sites (tertiary alicyclic amines) is 1. The van der Waals surface area contributed by atoms with Gasteiger partial charge in [-0.2, -0.15) is 0 Å². The third-order valence-electron chi connectivity index (χ3n) is 4.59. The fourth-order valence-corrected chi connectivity index (χ4v) is 3.46. The zero-order valence-corrected chi connectivity index (χ0v) is 8.69. The summed E-state index contributed by atoms with van der Waals surface area (Å²) in [4.78, 5) is 2.47. The van der Waals surface area contributed by atoms with Crippen LogP contribution in [0.5, 0.6) is 0 Å². The summed E-state index contributed by atoms with van der Waals surface area (Å²) < 4.78 is 0. The van der Waals surface area contributed by atoms with Crippen LogP contribution < -0.4 is 0 Å². The maximum Gasteiger partial charge on any atom is 0.00527 e. The highest BCUT2D eigenvalue weighted by Gasteiger charge is 2.55. The van der Waals surface area contributed by atoms with Gasteiger partial charge < -0.3 is 4.90 Å². The van der Waals surface area contributed by atoms with Crippen LogP contribution in [0.3, 0.4) is 0 Å². The van der Waals surface area contributed by atoms with Crippen molar-refractivity contribution in [3.63, 3.8) is 0 Å². The molecule has 70 valence electrons. The van der Waals surface area contributed by atoms with Crippen molar-refractivity contribution in [2.45, 2.75) is 39.5 Å². The molecular formula is C11H21N. The van der Waals surface area contributed by atoms with Crippen molar-refractivity contribution in [1.29, 1.82) is 0 Å². The Bertz CT molecular complexity index is 181. The van der Waals surface area contributed by atoms with Crippen LogP contribution in [0.4, 0.5) is 0 Å². The molecule has 2 fully saturated rings. The Labute approximate surface area is 76.1 Å².